The van der Waals surface area contributed by atoms with Crippen LogP contribution in [0.4, 0.5) is 15.8 Å². The molecule has 1 saturated heterocycles. The second-order valence-corrected chi connectivity index (χ2v) is 9.48. The molecule has 0 bridgehead atoms. The van der Waals surface area contributed by atoms with Gasteiger partial charge in [-0.05, 0) is 53.9 Å². The van der Waals surface area contributed by atoms with Crippen LogP contribution >= 0.6 is 11.8 Å². The summed E-state index contributed by atoms with van der Waals surface area (Å²) >= 11 is 1.26. The molecule has 0 radical (unpaired) electrons. The lowest BCUT2D eigenvalue weighted by molar-refractivity contribution is -0.137. The summed E-state index contributed by atoms with van der Waals surface area (Å²) in [5.41, 5.74) is 9.37. The van der Waals surface area contributed by atoms with Crippen molar-refractivity contribution in [3.63, 3.8) is 0 Å². The fourth-order valence-electron chi connectivity index (χ4n) is 3.78. The molecule has 1 aromatic heterocycles. The number of benzene rings is 2. The topological polar surface area (TPSA) is 123 Å². The number of hydrogen-bond donors (Lipinski definition) is 3. The van der Waals surface area contributed by atoms with Crippen molar-refractivity contribution < 1.29 is 23.5 Å². The Kier molecular flexibility index (Phi) is 7.97. The van der Waals surface area contributed by atoms with E-state index in [1.54, 1.807) is 36.4 Å². The predicted molar refractivity (Wildman–Crippen MR) is 137 cm³/mol. The zero-order valence-corrected chi connectivity index (χ0v) is 20.3. The summed E-state index contributed by atoms with van der Waals surface area (Å²) in [7, 11) is 0. The molecule has 186 valence electrons. The highest BCUT2D eigenvalue weighted by molar-refractivity contribution is 8.01. The molecular formula is C26H25FN4O4S. The highest BCUT2D eigenvalue weighted by atomic mass is 32.2. The van der Waals surface area contributed by atoms with Gasteiger partial charge in [-0.25, -0.2) is 4.39 Å². The van der Waals surface area contributed by atoms with Gasteiger partial charge >= 0.3 is 5.97 Å². The number of thioether (sulfide) groups is 1. The maximum atomic E-state index is 13.9. The molecule has 0 aliphatic carbocycles. The van der Waals surface area contributed by atoms with Gasteiger partial charge in [-0.15, -0.1) is 11.8 Å². The van der Waals surface area contributed by atoms with Crippen molar-refractivity contribution in [3.8, 4) is 11.1 Å². The first kappa shape index (κ1) is 25.3. The molecule has 2 unspecified atom stereocenters. The van der Waals surface area contributed by atoms with E-state index in [-0.39, 0.29) is 34.6 Å². The number of ether oxygens (including phenoxy) is 1. The molecule has 2 atom stereocenters. The molecule has 4 rings (SSSR count). The number of anilines is 2. The SMILES string of the molecule is CC(N)c1ccc(C(=O)Nc2ccncc2F)cc1-c1cccc(NC(=O)CSC2CCOC2=O)c1. The average Bonchev–Trinajstić information content (AvgIpc) is 3.28. The van der Waals surface area contributed by atoms with Crippen LogP contribution in [0, 0.1) is 5.82 Å². The highest BCUT2D eigenvalue weighted by Gasteiger charge is 2.27. The van der Waals surface area contributed by atoms with Crippen molar-refractivity contribution in [1.82, 2.24) is 4.98 Å². The van der Waals surface area contributed by atoms with Crippen molar-refractivity contribution in [2.45, 2.75) is 24.6 Å². The number of nitrogens with two attached hydrogens (primary N) is 1. The van der Waals surface area contributed by atoms with E-state index in [1.807, 2.05) is 13.0 Å². The Labute approximate surface area is 211 Å². The summed E-state index contributed by atoms with van der Waals surface area (Å²) in [6.07, 6.45) is 3.02. The Morgan fingerprint density at radius 2 is 2.06 bits per heavy atom. The van der Waals surface area contributed by atoms with E-state index in [4.69, 9.17) is 10.5 Å². The van der Waals surface area contributed by atoms with Crippen molar-refractivity contribution in [2.24, 2.45) is 5.73 Å². The first-order chi connectivity index (χ1) is 17.3. The van der Waals surface area contributed by atoms with Crippen molar-refractivity contribution in [2.75, 3.05) is 23.0 Å². The number of aromatic nitrogens is 1. The number of carbonyl (C=O) groups excluding carboxylic acids is 3. The lowest BCUT2D eigenvalue weighted by Crippen LogP contribution is -2.18. The minimum atomic E-state index is -0.635. The van der Waals surface area contributed by atoms with Gasteiger partial charge in [-0.2, -0.15) is 0 Å². The smallest absolute Gasteiger partial charge is 0.319 e. The van der Waals surface area contributed by atoms with E-state index in [0.29, 0.717) is 29.8 Å². The highest BCUT2D eigenvalue weighted by Crippen LogP contribution is 2.31. The minimum Gasteiger partial charge on any atom is -0.465 e. The molecule has 2 heterocycles. The fraction of sp³-hybridized carbons (Fsp3) is 0.231. The van der Waals surface area contributed by atoms with Gasteiger partial charge in [0.15, 0.2) is 5.82 Å². The summed E-state index contributed by atoms with van der Waals surface area (Å²) in [6.45, 7) is 2.22. The van der Waals surface area contributed by atoms with Crippen molar-refractivity contribution >= 4 is 40.9 Å². The van der Waals surface area contributed by atoms with Gasteiger partial charge in [-0.1, -0.05) is 18.2 Å². The van der Waals surface area contributed by atoms with Gasteiger partial charge in [0.05, 0.1) is 24.2 Å². The number of halogens is 1. The van der Waals surface area contributed by atoms with Crippen LogP contribution in [0.1, 0.15) is 35.3 Å². The van der Waals surface area contributed by atoms with Gasteiger partial charge in [0.2, 0.25) is 5.91 Å². The maximum absolute atomic E-state index is 13.9. The molecule has 4 N–H and O–H groups in total. The van der Waals surface area contributed by atoms with Crippen LogP contribution in [0.5, 0.6) is 0 Å². The molecule has 10 heteroatoms. The molecule has 3 aromatic rings. The van der Waals surface area contributed by atoms with Crippen molar-refractivity contribution in [3.05, 3.63) is 77.9 Å². The van der Waals surface area contributed by atoms with Gasteiger partial charge in [0.1, 0.15) is 5.25 Å². The Hall–Kier alpha value is -3.76. The van der Waals surface area contributed by atoms with E-state index >= 15 is 0 Å². The maximum Gasteiger partial charge on any atom is 0.319 e. The Morgan fingerprint density at radius 3 is 2.78 bits per heavy atom. The number of hydrogen-bond acceptors (Lipinski definition) is 7. The lowest BCUT2D eigenvalue weighted by atomic mass is 9.93. The number of pyridine rings is 1. The van der Waals surface area contributed by atoms with Crippen LogP contribution in [0.3, 0.4) is 0 Å². The zero-order valence-electron chi connectivity index (χ0n) is 19.5. The molecule has 2 amide bonds. The Bertz CT molecular complexity index is 1300. The molecule has 1 fully saturated rings. The van der Waals surface area contributed by atoms with Crippen LogP contribution in [-0.2, 0) is 14.3 Å². The number of cyclic esters (lactones) is 1. The molecule has 0 saturated carbocycles. The molecule has 1 aliphatic heterocycles. The largest absolute Gasteiger partial charge is 0.465 e. The van der Waals surface area contributed by atoms with Crippen LogP contribution < -0.4 is 16.4 Å². The lowest BCUT2D eigenvalue weighted by Gasteiger charge is -2.16. The second kappa shape index (κ2) is 11.3. The number of rotatable bonds is 8. The third-order valence-electron chi connectivity index (χ3n) is 5.59. The standard InChI is InChI=1S/C26H25FN4O4S/c1-15(28)19-6-5-17(25(33)31-22-7-9-29-13-21(22)27)12-20(19)16-3-2-4-18(11-16)30-24(32)14-36-23-8-10-35-26(23)34/h2-7,9,11-13,15,23H,8,10,14,28H2,1H3,(H,30,32)(H,29,31,33). The van der Waals surface area contributed by atoms with Gasteiger partial charge < -0.3 is 21.1 Å². The van der Waals surface area contributed by atoms with E-state index in [2.05, 4.69) is 15.6 Å². The first-order valence-electron chi connectivity index (χ1n) is 11.3. The van der Waals surface area contributed by atoms with Crippen LogP contribution in [0.15, 0.2) is 60.9 Å². The monoisotopic (exact) mass is 508 g/mol. The van der Waals surface area contributed by atoms with Crippen LogP contribution in [0.25, 0.3) is 11.1 Å². The Balaban J connectivity index is 1.53. The van der Waals surface area contributed by atoms with Crippen LogP contribution in [0.2, 0.25) is 0 Å². The Morgan fingerprint density at radius 1 is 1.22 bits per heavy atom. The average molecular weight is 509 g/mol. The third kappa shape index (κ3) is 6.07. The summed E-state index contributed by atoms with van der Waals surface area (Å²) in [6, 6.07) is 13.3. The van der Waals surface area contributed by atoms with Gasteiger partial charge in [-0.3, -0.25) is 19.4 Å². The summed E-state index contributed by atoms with van der Waals surface area (Å²) in [5, 5.41) is 5.09. The summed E-state index contributed by atoms with van der Waals surface area (Å²) < 4.78 is 18.9. The first-order valence-corrected chi connectivity index (χ1v) is 12.4. The molecule has 0 spiro atoms. The number of nitrogens with zero attached hydrogens (tertiary/aromatic N) is 1. The predicted octanol–water partition coefficient (Wildman–Crippen LogP) is 4.15. The van der Waals surface area contributed by atoms with Gasteiger partial charge in [0.25, 0.3) is 5.91 Å². The van der Waals surface area contributed by atoms with E-state index in [1.165, 1.54) is 24.0 Å². The minimum absolute atomic E-state index is 0.0289. The number of carbonyl (C=O) groups is 3. The molecule has 1 aliphatic rings. The van der Waals surface area contributed by atoms with Gasteiger partial charge in [0, 0.05) is 29.9 Å². The van der Waals surface area contributed by atoms with Crippen LogP contribution in [-0.4, -0.2) is 40.4 Å². The normalized spacial score (nSPS) is 15.8. The quantitative estimate of drug-likeness (QED) is 0.391. The fourth-order valence-corrected chi connectivity index (χ4v) is 4.67. The molecule has 2 aromatic carbocycles. The van der Waals surface area contributed by atoms with Crippen molar-refractivity contribution in [1.29, 1.82) is 0 Å². The van der Waals surface area contributed by atoms with E-state index in [9.17, 15) is 18.8 Å². The summed E-state index contributed by atoms with van der Waals surface area (Å²) in [5.74, 6) is -1.52. The summed E-state index contributed by atoms with van der Waals surface area (Å²) in [4.78, 5) is 40.6. The van der Waals surface area contributed by atoms with E-state index < -0.39 is 11.7 Å². The van der Waals surface area contributed by atoms with E-state index in [0.717, 1.165) is 17.3 Å². The number of amides is 2. The third-order valence-corrected chi connectivity index (χ3v) is 6.85. The molecular weight excluding hydrogens is 483 g/mol. The molecule has 8 nitrogen and oxygen atoms in total. The zero-order chi connectivity index (χ0) is 25.7. The molecule has 36 heavy (non-hydrogen) atoms. The number of nitrogens with one attached hydrogen (secondary N) is 2. The second-order valence-electron chi connectivity index (χ2n) is 8.29. The number of esters is 1.